The summed E-state index contributed by atoms with van der Waals surface area (Å²) in [6.45, 7) is 0.407. The van der Waals surface area contributed by atoms with E-state index in [9.17, 15) is 13.4 Å². The van der Waals surface area contributed by atoms with Gasteiger partial charge in [-0.15, -0.1) is 0 Å². The Bertz CT molecular complexity index is 685. The molecule has 0 spiro atoms. The van der Waals surface area contributed by atoms with Gasteiger partial charge in [-0.1, -0.05) is 12.1 Å². The summed E-state index contributed by atoms with van der Waals surface area (Å²) < 4.78 is 26.9. The summed E-state index contributed by atoms with van der Waals surface area (Å²) in [6.07, 6.45) is 2.05. The Morgan fingerprint density at radius 1 is 1.20 bits per heavy atom. The Morgan fingerprint density at radius 2 is 1.95 bits per heavy atom. The van der Waals surface area contributed by atoms with Crippen LogP contribution in [0.15, 0.2) is 52.3 Å². The van der Waals surface area contributed by atoms with Gasteiger partial charge in [0, 0.05) is 30.2 Å². The molecule has 0 fully saturated rings. The molecule has 1 unspecified atom stereocenters. The van der Waals surface area contributed by atoms with E-state index in [4.69, 9.17) is 5.73 Å². The lowest BCUT2D eigenvalue weighted by atomic mass is 10.3. The van der Waals surface area contributed by atoms with E-state index in [0.29, 0.717) is 24.4 Å². The highest BCUT2D eigenvalue weighted by atomic mass is 32.2. The number of aryl methyl sites for hydroxylation is 1. The lowest BCUT2D eigenvalue weighted by Gasteiger charge is -2.07. The van der Waals surface area contributed by atoms with E-state index in [1.807, 2.05) is 0 Å². The maximum absolute atomic E-state index is 13.4. The van der Waals surface area contributed by atoms with E-state index in [0.717, 1.165) is 0 Å². The molecule has 1 aromatic carbocycles. The number of pyridine rings is 1. The maximum atomic E-state index is 13.4. The smallest absolute Gasteiger partial charge is 0.250 e. The van der Waals surface area contributed by atoms with Crippen LogP contribution in [0.3, 0.4) is 0 Å². The number of hydrogen-bond donors (Lipinski definition) is 1. The number of hydrogen-bond acceptors (Lipinski definition) is 3. The zero-order valence-corrected chi connectivity index (χ0v) is 11.6. The fourth-order valence-corrected chi connectivity index (χ4v) is 2.96. The first-order valence-corrected chi connectivity index (χ1v) is 7.48. The molecule has 0 aliphatic rings. The van der Waals surface area contributed by atoms with E-state index in [2.05, 4.69) is 0 Å². The van der Waals surface area contributed by atoms with Crippen LogP contribution in [0.1, 0.15) is 6.42 Å². The first-order valence-electron chi connectivity index (χ1n) is 6.17. The average Bonchev–Trinajstić information content (AvgIpc) is 2.43. The highest BCUT2D eigenvalue weighted by molar-refractivity contribution is 7.85. The standard InChI is InChI=1S/C14H15FN2O2S/c15-12-4-1-2-5-13(12)20(19)9-3-8-17-10-11(16)6-7-14(17)18/h1-2,4-7,10H,3,8-9,16H2. The van der Waals surface area contributed by atoms with Crippen LogP contribution in [0.2, 0.25) is 0 Å². The van der Waals surface area contributed by atoms with E-state index >= 15 is 0 Å². The molecule has 0 saturated carbocycles. The van der Waals surface area contributed by atoms with Crippen molar-refractivity contribution >= 4 is 16.5 Å². The Labute approximate surface area is 118 Å². The lowest BCUT2D eigenvalue weighted by molar-refractivity contribution is 0.593. The molecule has 0 aliphatic carbocycles. The normalized spacial score (nSPS) is 12.2. The first-order chi connectivity index (χ1) is 9.58. The highest BCUT2D eigenvalue weighted by Gasteiger charge is 2.09. The largest absolute Gasteiger partial charge is 0.398 e. The average molecular weight is 294 g/mol. The molecule has 4 nitrogen and oxygen atoms in total. The van der Waals surface area contributed by atoms with Crippen molar-refractivity contribution in [1.82, 2.24) is 4.57 Å². The number of nitrogens with zero attached hydrogens (tertiary/aromatic N) is 1. The summed E-state index contributed by atoms with van der Waals surface area (Å²) in [5.41, 5.74) is 5.94. The molecule has 1 aromatic heterocycles. The Balaban J connectivity index is 1.96. The maximum Gasteiger partial charge on any atom is 0.250 e. The van der Waals surface area contributed by atoms with Gasteiger partial charge in [-0.2, -0.15) is 0 Å². The van der Waals surface area contributed by atoms with E-state index in [-0.39, 0.29) is 10.5 Å². The summed E-state index contributed by atoms with van der Waals surface area (Å²) in [7, 11) is -1.40. The molecular formula is C14H15FN2O2S. The van der Waals surface area contributed by atoms with Crippen molar-refractivity contribution < 1.29 is 8.60 Å². The van der Waals surface area contributed by atoms with E-state index in [1.54, 1.807) is 18.3 Å². The van der Waals surface area contributed by atoms with Crippen LogP contribution >= 0.6 is 0 Å². The summed E-state index contributed by atoms with van der Waals surface area (Å²) in [4.78, 5) is 11.7. The minimum atomic E-state index is -1.40. The van der Waals surface area contributed by atoms with Gasteiger partial charge in [-0.25, -0.2) is 4.39 Å². The summed E-state index contributed by atoms with van der Waals surface area (Å²) in [6, 6.07) is 8.94. The van der Waals surface area contributed by atoms with Gasteiger partial charge in [0.2, 0.25) is 0 Å². The van der Waals surface area contributed by atoms with E-state index < -0.39 is 16.6 Å². The van der Waals surface area contributed by atoms with Crippen LogP contribution in [-0.4, -0.2) is 14.5 Å². The molecule has 1 heterocycles. The molecule has 0 saturated heterocycles. The number of aromatic nitrogens is 1. The fourth-order valence-electron chi connectivity index (χ4n) is 1.83. The van der Waals surface area contributed by atoms with Crippen molar-refractivity contribution in [2.45, 2.75) is 17.9 Å². The van der Waals surface area contributed by atoms with Gasteiger partial charge in [0.1, 0.15) is 5.82 Å². The van der Waals surface area contributed by atoms with Crippen LogP contribution in [0, 0.1) is 5.82 Å². The zero-order chi connectivity index (χ0) is 14.5. The fraction of sp³-hybridized carbons (Fsp3) is 0.214. The zero-order valence-electron chi connectivity index (χ0n) is 10.8. The van der Waals surface area contributed by atoms with Crippen LogP contribution in [0.4, 0.5) is 10.1 Å². The minimum absolute atomic E-state index is 0.157. The lowest BCUT2D eigenvalue weighted by Crippen LogP contribution is -2.20. The van der Waals surface area contributed by atoms with Gasteiger partial charge in [0.25, 0.3) is 5.56 Å². The van der Waals surface area contributed by atoms with Crippen molar-refractivity contribution in [3.05, 3.63) is 58.8 Å². The number of anilines is 1. The topological polar surface area (TPSA) is 65.1 Å². The van der Waals surface area contributed by atoms with Gasteiger partial charge in [0.15, 0.2) is 0 Å². The van der Waals surface area contributed by atoms with Gasteiger partial charge >= 0.3 is 0 Å². The van der Waals surface area contributed by atoms with Gasteiger partial charge in [0.05, 0.1) is 15.7 Å². The highest BCUT2D eigenvalue weighted by Crippen LogP contribution is 2.12. The summed E-state index contributed by atoms with van der Waals surface area (Å²) in [5.74, 6) is -0.172. The molecular weight excluding hydrogens is 279 g/mol. The molecule has 0 amide bonds. The monoisotopic (exact) mass is 294 g/mol. The number of nitrogen functional groups attached to an aromatic ring is 1. The van der Waals surface area contributed by atoms with Crippen LogP contribution < -0.4 is 11.3 Å². The Hall–Kier alpha value is -1.95. The quantitative estimate of drug-likeness (QED) is 0.914. The molecule has 2 aromatic rings. The molecule has 0 aliphatic heterocycles. The molecule has 0 bridgehead atoms. The van der Waals surface area contributed by atoms with Crippen LogP contribution in [0.25, 0.3) is 0 Å². The molecule has 0 radical (unpaired) electrons. The summed E-state index contributed by atoms with van der Waals surface area (Å²) >= 11 is 0. The molecule has 20 heavy (non-hydrogen) atoms. The Kier molecular flexibility index (Phi) is 4.68. The third kappa shape index (κ3) is 3.54. The van der Waals surface area contributed by atoms with Crippen LogP contribution in [0.5, 0.6) is 0 Å². The predicted molar refractivity (Wildman–Crippen MR) is 77.4 cm³/mol. The van der Waals surface area contributed by atoms with Crippen molar-refractivity contribution in [2.24, 2.45) is 0 Å². The molecule has 2 rings (SSSR count). The molecule has 1 atom stereocenters. The number of halogens is 1. The Morgan fingerprint density at radius 3 is 2.70 bits per heavy atom. The number of rotatable bonds is 5. The molecule has 106 valence electrons. The molecule has 6 heteroatoms. The first kappa shape index (κ1) is 14.5. The second-order valence-corrected chi connectivity index (χ2v) is 5.87. The van der Waals surface area contributed by atoms with Gasteiger partial charge in [-0.05, 0) is 24.6 Å². The molecule has 2 N–H and O–H groups in total. The second-order valence-electron chi connectivity index (χ2n) is 4.33. The van der Waals surface area contributed by atoms with Crippen molar-refractivity contribution in [2.75, 3.05) is 11.5 Å². The van der Waals surface area contributed by atoms with Gasteiger partial charge < -0.3 is 10.3 Å². The third-order valence-electron chi connectivity index (χ3n) is 2.82. The third-order valence-corrected chi connectivity index (χ3v) is 4.30. The minimum Gasteiger partial charge on any atom is -0.398 e. The van der Waals surface area contributed by atoms with Crippen molar-refractivity contribution in [3.63, 3.8) is 0 Å². The predicted octanol–water partition coefficient (Wildman–Crippen LogP) is 1.77. The second kappa shape index (κ2) is 6.47. The van der Waals surface area contributed by atoms with Gasteiger partial charge in [-0.3, -0.25) is 9.00 Å². The van der Waals surface area contributed by atoms with Crippen LogP contribution in [-0.2, 0) is 17.3 Å². The summed E-state index contributed by atoms with van der Waals surface area (Å²) in [5, 5.41) is 0. The van der Waals surface area contributed by atoms with Crippen molar-refractivity contribution in [1.29, 1.82) is 0 Å². The van der Waals surface area contributed by atoms with Crippen molar-refractivity contribution in [3.8, 4) is 0 Å². The van der Waals surface area contributed by atoms with E-state index in [1.165, 1.54) is 28.8 Å². The number of benzene rings is 1. The number of nitrogens with two attached hydrogens (primary N) is 1. The SMILES string of the molecule is Nc1ccc(=O)n(CCCS(=O)c2ccccc2F)c1.